The highest BCUT2D eigenvalue weighted by Gasteiger charge is 2.53. The van der Waals surface area contributed by atoms with Gasteiger partial charge in [0, 0.05) is 5.41 Å². The number of rotatable bonds is 1. The van der Waals surface area contributed by atoms with E-state index < -0.39 is 0 Å². The van der Waals surface area contributed by atoms with Gasteiger partial charge in [0.25, 0.3) is 0 Å². The highest BCUT2D eigenvalue weighted by Crippen LogP contribution is 2.62. The first kappa shape index (κ1) is 14.8. The summed E-state index contributed by atoms with van der Waals surface area (Å²) in [5.41, 5.74) is 3.46. The van der Waals surface area contributed by atoms with Crippen LogP contribution in [-0.2, 0) is 0 Å². The van der Waals surface area contributed by atoms with E-state index in [1.165, 1.54) is 37.7 Å². The predicted molar refractivity (Wildman–Crippen MR) is 91.3 cm³/mol. The van der Waals surface area contributed by atoms with Crippen molar-refractivity contribution in [3.05, 3.63) is 35.5 Å². The van der Waals surface area contributed by atoms with E-state index in [1.54, 1.807) is 5.57 Å². The van der Waals surface area contributed by atoms with Gasteiger partial charge in [0.1, 0.15) is 0 Å². The van der Waals surface area contributed by atoms with E-state index in [0.717, 1.165) is 29.6 Å². The van der Waals surface area contributed by atoms with E-state index in [1.807, 2.05) is 6.08 Å². The highest BCUT2D eigenvalue weighted by molar-refractivity contribution is 5.34. The Kier molecular flexibility index (Phi) is 3.41. The standard InChI is InChI=1S/C21H30O/c1-4-14-5-7-18-17-8-6-15-12-16(22)9-10-21(15,3)19(17)11-13(2)20(14)18/h5,9-10,12-13,16-20,22H,4,6-8,11H2,1-3H3/t13-,16+,17?,18?,19?,20?,21+/m1/s1. The van der Waals surface area contributed by atoms with Crippen molar-refractivity contribution in [2.45, 2.75) is 59.0 Å². The van der Waals surface area contributed by atoms with Gasteiger partial charge in [-0.2, -0.15) is 0 Å². The summed E-state index contributed by atoms with van der Waals surface area (Å²) in [5, 5.41) is 9.96. The summed E-state index contributed by atoms with van der Waals surface area (Å²) in [7, 11) is 0. The molecule has 4 aliphatic rings. The second-order valence-corrected chi connectivity index (χ2v) is 8.40. The Bertz CT molecular complexity index is 554. The van der Waals surface area contributed by atoms with E-state index in [0.29, 0.717) is 0 Å². The molecule has 0 heterocycles. The molecule has 22 heavy (non-hydrogen) atoms. The molecule has 1 heteroatoms. The molecule has 4 rings (SSSR count). The van der Waals surface area contributed by atoms with Crippen molar-refractivity contribution in [3.63, 3.8) is 0 Å². The fourth-order valence-corrected chi connectivity index (χ4v) is 6.46. The summed E-state index contributed by atoms with van der Waals surface area (Å²) in [6.07, 6.45) is 15.2. The van der Waals surface area contributed by atoms with Crippen LogP contribution in [0.4, 0.5) is 0 Å². The van der Waals surface area contributed by atoms with Gasteiger partial charge in [-0.3, -0.25) is 0 Å². The lowest BCUT2D eigenvalue weighted by Crippen LogP contribution is -2.48. The molecule has 1 nitrogen and oxygen atoms in total. The van der Waals surface area contributed by atoms with Crippen molar-refractivity contribution >= 4 is 0 Å². The molecule has 0 saturated heterocycles. The van der Waals surface area contributed by atoms with Crippen LogP contribution in [0, 0.1) is 35.0 Å². The zero-order valence-corrected chi connectivity index (χ0v) is 14.3. The van der Waals surface area contributed by atoms with Gasteiger partial charge in [-0.15, -0.1) is 0 Å². The SMILES string of the molecule is CCC1=CCC2C3CCC4=C[C@@H](O)C=C[C@]4(C)C3C[C@@H](C)C12. The zero-order chi connectivity index (χ0) is 15.5. The Labute approximate surface area is 135 Å². The molecular weight excluding hydrogens is 268 g/mol. The zero-order valence-electron chi connectivity index (χ0n) is 14.3. The Balaban J connectivity index is 1.68. The fourth-order valence-electron chi connectivity index (χ4n) is 6.46. The second-order valence-electron chi connectivity index (χ2n) is 8.40. The van der Waals surface area contributed by atoms with Gasteiger partial charge >= 0.3 is 0 Å². The van der Waals surface area contributed by atoms with Crippen molar-refractivity contribution in [1.29, 1.82) is 0 Å². The van der Waals surface area contributed by atoms with Crippen LogP contribution in [0.1, 0.15) is 52.9 Å². The first-order valence-corrected chi connectivity index (χ1v) is 9.32. The van der Waals surface area contributed by atoms with Gasteiger partial charge in [0.05, 0.1) is 6.10 Å². The molecule has 0 amide bonds. The van der Waals surface area contributed by atoms with Crippen molar-refractivity contribution < 1.29 is 5.11 Å². The number of hydrogen-bond donors (Lipinski definition) is 1. The molecule has 1 N–H and O–H groups in total. The number of fused-ring (bicyclic) bond motifs is 5. The largest absolute Gasteiger partial charge is 0.385 e. The molecule has 0 aliphatic heterocycles. The third kappa shape index (κ3) is 1.94. The molecule has 2 fully saturated rings. The molecule has 0 aromatic carbocycles. The quantitative estimate of drug-likeness (QED) is 0.683. The molecule has 2 saturated carbocycles. The Morgan fingerprint density at radius 3 is 2.91 bits per heavy atom. The van der Waals surface area contributed by atoms with Gasteiger partial charge in [0.15, 0.2) is 0 Å². The second kappa shape index (κ2) is 5.09. The minimum atomic E-state index is -0.353. The molecule has 4 aliphatic carbocycles. The van der Waals surface area contributed by atoms with E-state index in [9.17, 15) is 5.11 Å². The smallest absolute Gasteiger partial charge is 0.0905 e. The van der Waals surface area contributed by atoms with E-state index >= 15 is 0 Å². The van der Waals surface area contributed by atoms with Gasteiger partial charge in [-0.1, -0.05) is 56.2 Å². The Morgan fingerprint density at radius 1 is 1.32 bits per heavy atom. The van der Waals surface area contributed by atoms with Crippen molar-refractivity contribution in [1.82, 2.24) is 0 Å². The van der Waals surface area contributed by atoms with Crippen molar-refractivity contribution in [2.75, 3.05) is 0 Å². The summed E-state index contributed by atoms with van der Waals surface area (Å²) in [4.78, 5) is 0. The van der Waals surface area contributed by atoms with Crippen LogP contribution in [0.25, 0.3) is 0 Å². The average molecular weight is 298 g/mol. The topological polar surface area (TPSA) is 20.2 Å². The number of aliphatic hydroxyl groups is 1. The maximum Gasteiger partial charge on any atom is 0.0905 e. The lowest BCUT2D eigenvalue weighted by atomic mass is 9.49. The van der Waals surface area contributed by atoms with Crippen LogP contribution in [0.5, 0.6) is 0 Å². The summed E-state index contributed by atoms with van der Waals surface area (Å²) in [5.74, 6) is 4.22. The molecule has 0 aromatic heterocycles. The first-order chi connectivity index (χ1) is 10.5. The summed E-state index contributed by atoms with van der Waals surface area (Å²) in [6.45, 7) is 7.26. The molecule has 120 valence electrons. The van der Waals surface area contributed by atoms with Gasteiger partial charge in [-0.25, -0.2) is 0 Å². The first-order valence-electron chi connectivity index (χ1n) is 9.32. The minimum absolute atomic E-state index is 0.205. The molecule has 4 unspecified atom stereocenters. The molecule has 0 aromatic rings. The predicted octanol–water partition coefficient (Wildman–Crippen LogP) is 4.89. The van der Waals surface area contributed by atoms with Crippen LogP contribution in [0.3, 0.4) is 0 Å². The van der Waals surface area contributed by atoms with Gasteiger partial charge in [0.2, 0.25) is 0 Å². The highest BCUT2D eigenvalue weighted by atomic mass is 16.3. The lowest BCUT2D eigenvalue weighted by Gasteiger charge is -2.56. The van der Waals surface area contributed by atoms with Crippen LogP contribution < -0.4 is 0 Å². The number of hydrogen-bond acceptors (Lipinski definition) is 1. The number of aliphatic hydroxyl groups excluding tert-OH is 1. The third-order valence-electron chi connectivity index (χ3n) is 7.48. The van der Waals surface area contributed by atoms with Crippen LogP contribution in [-0.4, -0.2) is 11.2 Å². The van der Waals surface area contributed by atoms with E-state index in [4.69, 9.17) is 0 Å². The van der Waals surface area contributed by atoms with Crippen molar-refractivity contribution in [2.24, 2.45) is 35.0 Å². The molecule has 0 radical (unpaired) electrons. The molecule has 0 bridgehead atoms. The van der Waals surface area contributed by atoms with Crippen LogP contribution in [0.15, 0.2) is 35.5 Å². The maximum absolute atomic E-state index is 9.96. The summed E-state index contributed by atoms with van der Waals surface area (Å²) < 4.78 is 0. The summed E-state index contributed by atoms with van der Waals surface area (Å²) >= 11 is 0. The molecular formula is C21H30O. The molecule has 7 atom stereocenters. The monoisotopic (exact) mass is 298 g/mol. The maximum atomic E-state index is 9.96. The number of allylic oxidation sites excluding steroid dienone is 4. The van der Waals surface area contributed by atoms with Gasteiger partial charge < -0.3 is 5.11 Å². The minimum Gasteiger partial charge on any atom is -0.385 e. The third-order valence-corrected chi connectivity index (χ3v) is 7.48. The van der Waals surface area contributed by atoms with Crippen LogP contribution >= 0.6 is 0 Å². The van der Waals surface area contributed by atoms with Crippen LogP contribution in [0.2, 0.25) is 0 Å². The normalized spacial score (nSPS) is 49.8. The van der Waals surface area contributed by atoms with Gasteiger partial charge in [-0.05, 0) is 61.7 Å². The average Bonchev–Trinajstić information content (AvgIpc) is 2.94. The lowest BCUT2D eigenvalue weighted by molar-refractivity contribution is 0.00262. The molecule has 0 spiro atoms. The van der Waals surface area contributed by atoms with E-state index in [-0.39, 0.29) is 11.5 Å². The summed E-state index contributed by atoms with van der Waals surface area (Å²) in [6, 6.07) is 0. The van der Waals surface area contributed by atoms with E-state index in [2.05, 4.69) is 39.0 Å². The fraction of sp³-hybridized carbons (Fsp3) is 0.714. The Morgan fingerprint density at radius 2 is 2.14 bits per heavy atom. The van der Waals surface area contributed by atoms with Crippen molar-refractivity contribution in [3.8, 4) is 0 Å². The Hall–Kier alpha value is -0.820.